The fourth-order valence-electron chi connectivity index (χ4n) is 6.18. The average molecular weight is 519 g/mol. The second-order valence-corrected chi connectivity index (χ2v) is 11.3. The number of phenols is 1. The van der Waals surface area contributed by atoms with E-state index in [1.165, 1.54) is 38.2 Å². The molecular formula is C24H26N2O9S. The number of benzene rings is 1. The number of rotatable bonds is 4. The van der Waals surface area contributed by atoms with Gasteiger partial charge in [0.25, 0.3) is 0 Å². The molecule has 4 rings (SSSR count). The first-order valence-electron chi connectivity index (χ1n) is 11.2. The molecule has 0 radical (unpaired) electrons. The highest BCUT2D eigenvalue weighted by Gasteiger charge is 2.69. The molecule has 0 saturated heterocycles. The van der Waals surface area contributed by atoms with Crippen molar-refractivity contribution in [3.8, 4) is 5.75 Å². The maximum absolute atomic E-state index is 13.8. The van der Waals surface area contributed by atoms with Crippen LogP contribution in [0.1, 0.15) is 39.6 Å². The summed E-state index contributed by atoms with van der Waals surface area (Å²) >= 11 is 0. The van der Waals surface area contributed by atoms with Crippen LogP contribution in [0.25, 0.3) is 0 Å². The van der Waals surface area contributed by atoms with E-state index in [1.807, 2.05) is 0 Å². The summed E-state index contributed by atoms with van der Waals surface area (Å²) in [5.41, 5.74) is 2.36. The van der Waals surface area contributed by atoms with Gasteiger partial charge in [0.2, 0.25) is 5.91 Å². The maximum Gasteiger partial charge on any atom is 0.235 e. The van der Waals surface area contributed by atoms with Crippen LogP contribution >= 0.6 is 0 Å². The molecule has 7 atom stereocenters. The Morgan fingerprint density at radius 2 is 1.78 bits per heavy atom. The molecule has 7 unspecified atom stereocenters. The number of fused-ring (bicyclic) bond motifs is 3. The van der Waals surface area contributed by atoms with Gasteiger partial charge < -0.3 is 15.9 Å². The van der Waals surface area contributed by atoms with E-state index in [-0.39, 0.29) is 34.4 Å². The number of nitrogens with zero attached hydrogens (tertiary/aromatic N) is 1. The van der Waals surface area contributed by atoms with Gasteiger partial charge in [0.05, 0.1) is 33.2 Å². The smallest absolute Gasteiger partial charge is 0.235 e. The molecule has 0 aromatic heterocycles. The first-order chi connectivity index (χ1) is 16.7. The molecule has 0 bridgehead atoms. The largest absolute Gasteiger partial charge is 0.506 e. The summed E-state index contributed by atoms with van der Waals surface area (Å²) in [6, 6.07) is 0.0479. The zero-order valence-electron chi connectivity index (χ0n) is 20.1. The number of likely N-dealkylation sites (N-methyl/N-ethyl adjacent to an activating group) is 1. The van der Waals surface area contributed by atoms with Gasteiger partial charge in [-0.1, -0.05) is 0 Å². The highest BCUT2D eigenvalue weighted by molar-refractivity contribution is 7.84. The number of phenolic OH excluding ortho intramolecular Hbond substituents is 1. The van der Waals surface area contributed by atoms with Crippen molar-refractivity contribution in [3.05, 3.63) is 22.8 Å². The van der Waals surface area contributed by atoms with E-state index in [1.54, 1.807) is 0 Å². The van der Waals surface area contributed by atoms with Gasteiger partial charge in [-0.25, -0.2) is 0 Å². The van der Waals surface area contributed by atoms with E-state index in [9.17, 15) is 43.2 Å². The van der Waals surface area contributed by atoms with Crippen molar-refractivity contribution in [1.29, 1.82) is 0 Å². The van der Waals surface area contributed by atoms with Gasteiger partial charge in [-0.2, -0.15) is 0 Å². The molecule has 1 amide bonds. The Morgan fingerprint density at radius 3 is 2.28 bits per heavy atom. The van der Waals surface area contributed by atoms with Crippen LogP contribution in [-0.2, 0) is 36.4 Å². The van der Waals surface area contributed by atoms with Crippen LogP contribution in [-0.4, -0.2) is 86.1 Å². The van der Waals surface area contributed by atoms with Crippen LogP contribution in [0.5, 0.6) is 5.75 Å². The lowest BCUT2D eigenvalue weighted by Gasteiger charge is -2.52. The highest BCUT2D eigenvalue weighted by Crippen LogP contribution is 2.51. The number of aromatic hydroxyl groups is 1. The van der Waals surface area contributed by atoms with Crippen molar-refractivity contribution < 1.29 is 43.2 Å². The van der Waals surface area contributed by atoms with Gasteiger partial charge in [0.15, 0.2) is 40.4 Å². The Hall–Kier alpha value is -3.09. The van der Waals surface area contributed by atoms with Crippen molar-refractivity contribution in [2.45, 2.75) is 36.3 Å². The number of nitrogens with two attached hydrogens (primary N) is 1. The lowest BCUT2D eigenvalue weighted by Crippen LogP contribution is -2.74. The number of hydrogen-bond acceptors (Lipinski definition) is 10. The van der Waals surface area contributed by atoms with Crippen LogP contribution in [0.2, 0.25) is 0 Å². The number of primary amides is 1. The zero-order valence-corrected chi connectivity index (χ0v) is 20.9. The van der Waals surface area contributed by atoms with Crippen molar-refractivity contribution in [3.63, 3.8) is 0 Å². The van der Waals surface area contributed by atoms with E-state index in [2.05, 4.69) is 0 Å². The molecular weight excluding hydrogens is 492 g/mol. The molecule has 0 heterocycles. The summed E-state index contributed by atoms with van der Waals surface area (Å²) in [4.78, 5) is 79.4. The molecule has 4 N–H and O–H groups in total. The van der Waals surface area contributed by atoms with Gasteiger partial charge >= 0.3 is 0 Å². The minimum atomic E-state index is -2.83. The summed E-state index contributed by atoms with van der Waals surface area (Å²) in [6.45, 7) is 1.25. The zero-order chi connectivity index (χ0) is 27.0. The molecule has 192 valence electrons. The molecule has 1 aromatic carbocycles. The molecule has 1 aromatic rings. The van der Waals surface area contributed by atoms with Crippen LogP contribution < -0.4 is 5.73 Å². The monoisotopic (exact) mass is 518 g/mol. The Kier molecular flexibility index (Phi) is 6.13. The molecule has 3 aliphatic carbocycles. The Balaban J connectivity index is 1.93. The molecule has 11 nitrogen and oxygen atoms in total. The average Bonchev–Trinajstić information content (AvgIpc) is 2.75. The van der Waals surface area contributed by atoms with E-state index in [0.29, 0.717) is 0 Å². The minimum Gasteiger partial charge on any atom is -0.506 e. The number of aliphatic hydroxyl groups is 1. The molecule has 0 aliphatic heterocycles. The summed E-state index contributed by atoms with van der Waals surface area (Å²) < 4.78 is 12.2. The molecule has 36 heavy (non-hydrogen) atoms. The highest BCUT2D eigenvalue weighted by atomic mass is 32.2. The van der Waals surface area contributed by atoms with Gasteiger partial charge in [-0.3, -0.25) is 37.9 Å². The molecule has 2 fully saturated rings. The van der Waals surface area contributed by atoms with Crippen molar-refractivity contribution in [2.75, 3.05) is 20.4 Å². The first kappa shape index (κ1) is 26.0. The number of hydrogen-bond donors (Lipinski definition) is 3. The van der Waals surface area contributed by atoms with E-state index >= 15 is 0 Å². The standard InChI is InChI=1S/C24H26N2O9S/c1-8(27)10-7-13(36(4)35)18(28)15-11(10)5-9-6-12-17(26(2)3)20(30)16(23(25)33)22(32)24(12,34)21(31)14(9)19(15)29/h7,9,12,14,16-17,28,34H,5-6H2,1-4H3,(H2,25,33). The van der Waals surface area contributed by atoms with Gasteiger partial charge in [-0.05, 0) is 51.4 Å². The maximum atomic E-state index is 13.8. The Labute approximate surface area is 208 Å². The molecule has 2 saturated carbocycles. The molecule has 12 heteroatoms. The van der Waals surface area contributed by atoms with Crippen LogP contribution in [0.15, 0.2) is 11.0 Å². The summed E-state index contributed by atoms with van der Waals surface area (Å²) in [5.74, 6) is -12.4. The SMILES string of the molecule is CC(=O)c1cc(S(C)=O)c(O)c2c1CC1CC3C(N(C)C)C(=O)C(C(N)=O)C(=O)C3(O)C(=O)C1C2=O. The number of amides is 1. The van der Waals surface area contributed by atoms with E-state index < -0.39 is 86.7 Å². The summed E-state index contributed by atoms with van der Waals surface area (Å²) in [5, 5.41) is 22.3. The third-order valence-electron chi connectivity index (χ3n) is 7.72. The Morgan fingerprint density at radius 1 is 1.17 bits per heavy atom. The van der Waals surface area contributed by atoms with E-state index in [0.717, 1.165) is 0 Å². The number of carbonyl (C=O) groups is 6. The molecule has 3 aliphatic rings. The predicted molar refractivity (Wildman–Crippen MR) is 124 cm³/mol. The topological polar surface area (TPSA) is 189 Å². The van der Waals surface area contributed by atoms with E-state index in [4.69, 9.17) is 5.73 Å². The quantitative estimate of drug-likeness (QED) is 0.323. The number of Topliss-reactive ketones (excluding diaryl/α,β-unsaturated/α-hetero) is 5. The van der Waals surface area contributed by atoms with Crippen LogP contribution in [0, 0.1) is 23.7 Å². The predicted octanol–water partition coefficient (Wildman–Crippen LogP) is -1.19. The fraction of sp³-hybridized carbons (Fsp3) is 0.500. The Bertz CT molecular complexity index is 1300. The lowest BCUT2D eigenvalue weighted by molar-refractivity contribution is -0.181. The fourth-order valence-corrected chi connectivity index (χ4v) is 6.84. The second kappa shape index (κ2) is 8.49. The van der Waals surface area contributed by atoms with Crippen LogP contribution in [0.4, 0.5) is 0 Å². The summed E-state index contributed by atoms with van der Waals surface area (Å²) in [6.07, 6.45) is 1.10. The number of ketones is 5. The minimum absolute atomic E-state index is 0.0368. The van der Waals surface area contributed by atoms with Crippen LogP contribution in [0.3, 0.4) is 0 Å². The first-order valence-corrected chi connectivity index (χ1v) is 12.8. The van der Waals surface area contributed by atoms with Gasteiger partial charge in [-0.15, -0.1) is 0 Å². The van der Waals surface area contributed by atoms with Gasteiger partial charge in [0, 0.05) is 17.7 Å². The van der Waals surface area contributed by atoms with Crippen molar-refractivity contribution in [1.82, 2.24) is 4.90 Å². The third kappa shape index (κ3) is 3.35. The lowest BCUT2D eigenvalue weighted by atomic mass is 9.52. The normalized spacial score (nSPS) is 32.6. The second-order valence-electron chi connectivity index (χ2n) is 9.92. The third-order valence-corrected chi connectivity index (χ3v) is 8.65. The van der Waals surface area contributed by atoms with Crippen molar-refractivity contribution in [2.24, 2.45) is 29.4 Å². The summed E-state index contributed by atoms with van der Waals surface area (Å²) in [7, 11) is 1.21. The van der Waals surface area contributed by atoms with Crippen molar-refractivity contribution >= 4 is 45.6 Å². The number of carbonyl (C=O) groups excluding carboxylic acids is 6. The van der Waals surface area contributed by atoms with Gasteiger partial charge in [0.1, 0.15) is 5.75 Å². The molecule has 0 spiro atoms.